The summed E-state index contributed by atoms with van der Waals surface area (Å²) >= 11 is 5.47. The molecule has 0 aliphatic carbocycles. The van der Waals surface area contributed by atoms with Gasteiger partial charge in [0.15, 0.2) is 17.5 Å². The number of benzene rings is 17. The van der Waals surface area contributed by atoms with Gasteiger partial charge in [-0.15, -0.1) is 34.0 Å². The minimum Gasteiger partial charge on any atom is -0.309 e. The Bertz CT molecular complexity index is 9480. The number of aromatic nitrogens is 10. The molecule has 10 nitrogen and oxygen atoms in total. The van der Waals surface area contributed by atoms with Crippen LogP contribution in [0, 0.1) is 0 Å². The molecule has 12 heterocycles. The number of para-hydroxylation sites is 10. The van der Waals surface area contributed by atoms with Gasteiger partial charge in [-0.3, -0.25) is 13.7 Å². The molecule has 17 aromatic carbocycles. The summed E-state index contributed by atoms with van der Waals surface area (Å²) in [7, 11) is 0. The zero-order chi connectivity index (χ0) is 84.5. The average Bonchev–Trinajstić information content (AvgIpc) is 1.55. The Balaban J connectivity index is 0.000000100. The number of fused-ring (bicyclic) bond motifs is 30. The first-order valence-electron chi connectivity index (χ1n) is 43.5. The van der Waals surface area contributed by atoms with Crippen molar-refractivity contribution in [2.75, 3.05) is 0 Å². The van der Waals surface area contributed by atoms with Gasteiger partial charge in [-0.2, -0.15) is 0 Å². The lowest BCUT2D eigenvalue weighted by Gasteiger charge is -2.10. The molecule has 12 aromatic heterocycles. The Labute approximate surface area is 749 Å². The van der Waals surface area contributed by atoms with E-state index in [1.165, 1.54) is 193 Å². The highest BCUT2D eigenvalue weighted by Crippen LogP contribution is 2.51. The quantitative estimate of drug-likeness (QED) is 0.152. The largest absolute Gasteiger partial charge is 0.309 e. The molecule has 29 rings (SSSR count). The molecule has 29 aromatic rings. The van der Waals surface area contributed by atoms with Gasteiger partial charge in [0.05, 0.1) is 90.5 Å². The second kappa shape index (κ2) is 29.1. The summed E-state index contributed by atoms with van der Waals surface area (Å²) in [5.74, 6) is 2.90. The van der Waals surface area contributed by atoms with Crippen LogP contribution in [0.2, 0.25) is 0 Å². The monoisotopic (exact) mass is 1700 g/mol. The van der Waals surface area contributed by atoms with Gasteiger partial charge >= 0.3 is 0 Å². The van der Waals surface area contributed by atoms with Crippen LogP contribution in [0.1, 0.15) is 0 Å². The smallest absolute Gasteiger partial charge is 0.159 e. The predicted molar refractivity (Wildman–Crippen MR) is 546 cm³/mol. The minimum atomic E-state index is 0.918. The van der Waals surface area contributed by atoms with Crippen LogP contribution >= 0.6 is 34.0 Å². The van der Waals surface area contributed by atoms with Crippen molar-refractivity contribution < 1.29 is 0 Å². The fraction of sp³-hybridized carbons (Fsp3) is 0. The van der Waals surface area contributed by atoms with Crippen LogP contribution < -0.4 is 0 Å². The summed E-state index contributed by atoms with van der Waals surface area (Å²) in [5, 5.41) is 21.3. The highest BCUT2D eigenvalue weighted by molar-refractivity contribution is 7.27. The summed E-state index contributed by atoms with van der Waals surface area (Å²) in [6.45, 7) is 0. The zero-order valence-corrected chi connectivity index (χ0v) is 71.6. The molecule has 129 heavy (non-hydrogen) atoms. The third-order valence-electron chi connectivity index (χ3n) is 26.2. The van der Waals surface area contributed by atoms with E-state index in [0.29, 0.717) is 0 Å². The van der Waals surface area contributed by atoms with E-state index >= 15 is 0 Å². The molecule has 0 amide bonds. The van der Waals surface area contributed by atoms with Gasteiger partial charge in [0.2, 0.25) is 0 Å². The van der Waals surface area contributed by atoms with Gasteiger partial charge < -0.3 is 13.7 Å². The van der Waals surface area contributed by atoms with Crippen molar-refractivity contribution in [1.29, 1.82) is 0 Å². The summed E-state index contributed by atoms with van der Waals surface area (Å²) in [4.78, 5) is 19.9. The molecule has 0 radical (unpaired) electrons. The Morgan fingerprint density at radius 2 is 0.481 bits per heavy atom. The van der Waals surface area contributed by atoms with E-state index in [1.54, 1.807) is 17.7 Å². The van der Waals surface area contributed by atoms with Crippen LogP contribution in [0.5, 0.6) is 0 Å². The topological polar surface area (TPSA) is 81.1 Å². The van der Waals surface area contributed by atoms with Crippen molar-refractivity contribution in [2.45, 2.75) is 0 Å². The molecular weight excluding hydrogens is 1630 g/mol. The van der Waals surface area contributed by atoms with E-state index in [-0.39, 0.29) is 0 Å². The number of rotatable bonds is 8. The highest BCUT2D eigenvalue weighted by atomic mass is 32.1. The van der Waals surface area contributed by atoms with Crippen LogP contribution in [0.3, 0.4) is 0 Å². The summed E-state index contributed by atoms with van der Waals surface area (Å²) in [5.41, 5.74) is 23.6. The van der Waals surface area contributed by atoms with E-state index in [2.05, 4.69) is 434 Å². The fourth-order valence-corrected chi connectivity index (χ4v) is 24.4. The Morgan fingerprint density at radius 3 is 0.884 bits per heavy atom. The van der Waals surface area contributed by atoms with E-state index in [9.17, 15) is 0 Å². The van der Waals surface area contributed by atoms with E-state index in [4.69, 9.17) is 19.9 Å². The molecule has 0 saturated heterocycles. The first-order valence-corrected chi connectivity index (χ1v) is 45.9. The lowest BCUT2D eigenvalue weighted by atomic mass is 10.1. The molecule has 0 saturated carbocycles. The predicted octanol–water partition coefficient (Wildman–Crippen LogP) is 31.7. The molecule has 0 unspecified atom stereocenters. The second-order valence-electron chi connectivity index (χ2n) is 33.0. The number of hydrogen-bond donors (Lipinski definition) is 0. The molecule has 0 bridgehead atoms. The molecule has 13 heteroatoms. The second-order valence-corrected chi connectivity index (χ2v) is 36.2. The van der Waals surface area contributed by atoms with E-state index in [1.807, 2.05) is 35.1 Å². The van der Waals surface area contributed by atoms with Crippen molar-refractivity contribution in [3.05, 3.63) is 425 Å². The maximum atomic E-state index is 5.04. The maximum absolute atomic E-state index is 5.04. The van der Waals surface area contributed by atoms with Crippen molar-refractivity contribution in [1.82, 2.24) is 47.3 Å². The van der Waals surface area contributed by atoms with Crippen molar-refractivity contribution >= 4 is 225 Å². The van der Waals surface area contributed by atoms with Crippen molar-refractivity contribution in [3.8, 4) is 56.8 Å². The minimum absolute atomic E-state index is 0.918. The van der Waals surface area contributed by atoms with Gasteiger partial charge in [-0.05, 0) is 150 Å². The first-order chi connectivity index (χ1) is 64.1. The SMILES string of the molecule is c1ccc(-c2ccc(-n3c4ccccc4c4c5c(ccc43)sc3c(-n4c6ccccc6c6ccccc64)nccc35)cc2)cc1.c1ccc(-c2ccc(-n3c4ccccc4c4ccc5c6ncnc(-n7c8ccccc8c8ccccc87)c6sc5c43)cc2)cc1.c1ccc(-n2c3ccccc3c3c4c(ccc32)sc2c(-n3c5ccccc5c5ccccc53)nccc24)cc1. The number of nitrogens with zero attached hydrogens (tertiary/aromatic N) is 10. The molecule has 602 valence electrons. The Kier molecular flexibility index (Phi) is 16.5. The van der Waals surface area contributed by atoms with Gasteiger partial charge in [0, 0.05) is 130 Å². The third kappa shape index (κ3) is 11.1. The number of thiophene rings is 3. The van der Waals surface area contributed by atoms with Gasteiger partial charge in [0.25, 0.3) is 0 Å². The fourth-order valence-electron chi connectivity index (χ4n) is 20.7. The summed E-state index contributed by atoms with van der Waals surface area (Å²) in [6.07, 6.45) is 5.67. The lowest BCUT2D eigenvalue weighted by Crippen LogP contribution is -1.98. The van der Waals surface area contributed by atoms with E-state index < -0.39 is 0 Å². The van der Waals surface area contributed by atoms with Crippen LogP contribution in [0.15, 0.2) is 425 Å². The Hall–Kier alpha value is -16.4. The van der Waals surface area contributed by atoms with Crippen LogP contribution in [0.4, 0.5) is 0 Å². The molecular formula is C116H70N10S3. The molecule has 0 atom stereocenters. The Morgan fingerprint density at radius 1 is 0.171 bits per heavy atom. The molecule has 0 spiro atoms. The number of hydrogen-bond acceptors (Lipinski definition) is 7. The molecule has 0 aliphatic rings. The van der Waals surface area contributed by atoms with Crippen LogP contribution in [0.25, 0.3) is 248 Å². The number of pyridine rings is 2. The third-order valence-corrected chi connectivity index (χ3v) is 29.8. The van der Waals surface area contributed by atoms with Crippen molar-refractivity contribution in [3.63, 3.8) is 0 Å². The average molecular weight is 1700 g/mol. The van der Waals surface area contributed by atoms with Gasteiger partial charge in [-0.25, -0.2) is 19.9 Å². The van der Waals surface area contributed by atoms with Crippen molar-refractivity contribution in [2.24, 2.45) is 0 Å². The molecule has 0 aliphatic heterocycles. The van der Waals surface area contributed by atoms with Gasteiger partial charge in [0.1, 0.15) is 6.33 Å². The first kappa shape index (κ1) is 73.0. The van der Waals surface area contributed by atoms with Crippen LogP contribution in [-0.2, 0) is 0 Å². The van der Waals surface area contributed by atoms with Gasteiger partial charge in [-0.1, -0.05) is 279 Å². The standard InChI is InChI=1S/C41H25N3S.C40H24N4S.C35H21N3S/c1-2-10-26(11-3-1)27-18-20-28(21-19-27)43-35-17-9-6-14-31(35)38-36(43)22-23-37-39(38)32-24-25-42-41(40(32)45-37)44-33-15-7-4-12-29(33)30-13-5-8-16-34(30)44;1-2-10-25(11-3-1)26-18-20-27(21-19-26)43-33-15-7-6-14-30(33)31-22-23-32-36-39(45-38(32)37(31)43)40(42-24-41-36)44-34-16-8-4-12-28(34)29-13-5-9-17-35(29)44;1-2-10-22(11-3-1)37-29-17-9-6-14-25(29)32-30(37)18-19-31-33(32)26-20-21-36-35(34(26)39-31)38-27-15-7-4-12-23(27)24-13-5-8-16-28(24)38/h1-25H;1-24H;1-21H. The maximum Gasteiger partial charge on any atom is 0.159 e. The van der Waals surface area contributed by atoms with E-state index in [0.717, 1.165) is 55.5 Å². The normalized spacial score (nSPS) is 12.0. The highest BCUT2D eigenvalue weighted by Gasteiger charge is 2.28. The molecule has 0 fully saturated rings. The summed E-state index contributed by atoms with van der Waals surface area (Å²) in [6, 6.07) is 146. The lowest BCUT2D eigenvalue weighted by molar-refractivity contribution is 1.08. The van der Waals surface area contributed by atoms with Crippen LogP contribution in [-0.4, -0.2) is 47.3 Å². The molecule has 0 N–H and O–H groups in total. The zero-order valence-electron chi connectivity index (χ0n) is 69.1. The summed E-state index contributed by atoms with van der Waals surface area (Å²) < 4.78 is 21.5.